The topological polar surface area (TPSA) is 55.1 Å². The lowest BCUT2D eigenvalue weighted by Crippen LogP contribution is -2.06. The molecular formula is C14H13IN2O2. The quantitative estimate of drug-likeness (QED) is 0.664. The number of carbonyl (C=O) groups is 1. The second-order valence-electron chi connectivity index (χ2n) is 4.65. The van der Waals surface area contributed by atoms with E-state index in [-0.39, 0.29) is 5.78 Å². The van der Waals surface area contributed by atoms with Gasteiger partial charge in [0.2, 0.25) is 0 Å². The smallest absolute Gasteiger partial charge is 0.200 e. The molecule has 0 bridgehead atoms. The maximum absolute atomic E-state index is 12.6. The third-order valence-electron chi connectivity index (χ3n) is 3.29. The monoisotopic (exact) mass is 368 g/mol. The molecule has 1 aliphatic rings. The van der Waals surface area contributed by atoms with Gasteiger partial charge in [-0.1, -0.05) is 5.16 Å². The van der Waals surface area contributed by atoms with E-state index in [9.17, 15) is 4.79 Å². The van der Waals surface area contributed by atoms with Gasteiger partial charge in [-0.3, -0.25) is 4.79 Å². The number of benzene rings is 1. The molecule has 0 amide bonds. The highest BCUT2D eigenvalue weighted by atomic mass is 127. The van der Waals surface area contributed by atoms with Crippen molar-refractivity contribution in [2.45, 2.75) is 18.8 Å². The van der Waals surface area contributed by atoms with Gasteiger partial charge in [0, 0.05) is 27.8 Å². The summed E-state index contributed by atoms with van der Waals surface area (Å²) in [6, 6.07) is 5.73. The maximum Gasteiger partial charge on any atom is 0.200 e. The summed E-state index contributed by atoms with van der Waals surface area (Å²) in [5, 5.41) is 6.85. The predicted octanol–water partition coefficient (Wildman–Crippen LogP) is 3.43. The van der Waals surface area contributed by atoms with E-state index in [0.717, 1.165) is 27.9 Å². The van der Waals surface area contributed by atoms with Crippen LogP contribution in [-0.2, 0) is 0 Å². The normalized spacial score (nSPS) is 14.4. The molecule has 0 unspecified atom stereocenters. The Morgan fingerprint density at radius 3 is 2.89 bits per heavy atom. The molecule has 0 saturated heterocycles. The highest BCUT2D eigenvalue weighted by Gasteiger charge is 2.33. The van der Waals surface area contributed by atoms with Gasteiger partial charge in [-0.05, 0) is 53.6 Å². The fourth-order valence-electron chi connectivity index (χ4n) is 2.13. The molecule has 0 spiro atoms. The first-order chi connectivity index (χ1) is 9.20. The molecule has 1 aromatic heterocycles. The summed E-state index contributed by atoms with van der Waals surface area (Å²) in [5.41, 5.74) is 2.09. The summed E-state index contributed by atoms with van der Waals surface area (Å²) < 4.78 is 6.32. The van der Waals surface area contributed by atoms with E-state index in [1.54, 1.807) is 0 Å². The minimum Gasteiger partial charge on any atom is -0.387 e. The number of anilines is 1. The Bertz CT molecular complexity index is 632. The number of carbonyl (C=O) groups excluding carboxylic acids is 1. The molecule has 1 heterocycles. The van der Waals surface area contributed by atoms with Crippen LogP contribution in [-0.4, -0.2) is 18.0 Å². The van der Waals surface area contributed by atoms with E-state index >= 15 is 0 Å². The first-order valence-corrected chi connectivity index (χ1v) is 7.25. The van der Waals surface area contributed by atoms with E-state index in [1.165, 1.54) is 6.20 Å². The number of nitrogens with one attached hydrogen (secondary N) is 1. The molecule has 0 aliphatic heterocycles. The Morgan fingerprint density at radius 1 is 1.42 bits per heavy atom. The number of halogens is 1. The minimum absolute atomic E-state index is 0.0242. The van der Waals surface area contributed by atoms with E-state index in [0.29, 0.717) is 17.0 Å². The van der Waals surface area contributed by atoms with Crippen LogP contribution in [0.5, 0.6) is 0 Å². The highest BCUT2D eigenvalue weighted by molar-refractivity contribution is 14.1. The fourth-order valence-corrected chi connectivity index (χ4v) is 2.62. The summed E-state index contributed by atoms with van der Waals surface area (Å²) in [4.78, 5) is 12.6. The molecule has 0 atom stereocenters. The highest BCUT2D eigenvalue weighted by Crippen LogP contribution is 2.42. The summed E-state index contributed by atoms with van der Waals surface area (Å²) >= 11 is 2.23. The summed E-state index contributed by atoms with van der Waals surface area (Å²) in [7, 11) is 1.82. The van der Waals surface area contributed by atoms with E-state index in [4.69, 9.17) is 4.52 Å². The molecule has 1 aliphatic carbocycles. The van der Waals surface area contributed by atoms with Crippen LogP contribution in [0.15, 0.2) is 28.9 Å². The van der Waals surface area contributed by atoms with Crippen molar-refractivity contribution in [2.75, 3.05) is 12.4 Å². The van der Waals surface area contributed by atoms with Crippen LogP contribution in [0.25, 0.3) is 0 Å². The van der Waals surface area contributed by atoms with E-state index in [2.05, 4.69) is 33.1 Å². The van der Waals surface area contributed by atoms with Crippen molar-refractivity contribution >= 4 is 34.1 Å². The molecule has 5 heteroatoms. The third-order valence-corrected chi connectivity index (χ3v) is 3.96. The molecule has 19 heavy (non-hydrogen) atoms. The number of aromatic nitrogens is 1. The Labute approximate surface area is 124 Å². The second kappa shape index (κ2) is 4.96. The molecule has 1 saturated carbocycles. The molecule has 1 aromatic carbocycles. The Hall–Kier alpha value is -1.37. The zero-order valence-electron chi connectivity index (χ0n) is 10.4. The number of nitrogens with zero attached hydrogens (tertiary/aromatic N) is 1. The van der Waals surface area contributed by atoms with Crippen LogP contribution in [0.2, 0.25) is 0 Å². The summed E-state index contributed by atoms with van der Waals surface area (Å²) in [6.07, 6.45) is 3.70. The van der Waals surface area contributed by atoms with Crippen molar-refractivity contribution in [1.29, 1.82) is 0 Å². The zero-order chi connectivity index (χ0) is 13.4. The summed E-state index contributed by atoms with van der Waals surface area (Å²) in [6.45, 7) is 0. The van der Waals surface area contributed by atoms with Crippen LogP contribution in [0.1, 0.15) is 40.4 Å². The van der Waals surface area contributed by atoms with E-state index in [1.807, 2.05) is 25.2 Å². The Balaban J connectivity index is 2.01. The van der Waals surface area contributed by atoms with Gasteiger partial charge in [0.05, 0.1) is 11.8 Å². The van der Waals surface area contributed by atoms with Crippen LogP contribution < -0.4 is 5.32 Å². The first-order valence-electron chi connectivity index (χ1n) is 6.17. The Morgan fingerprint density at radius 2 is 2.21 bits per heavy atom. The van der Waals surface area contributed by atoms with Crippen LogP contribution in [0.4, 0.5) is 5.69 Å². The molecule has 1 N–H and O–H groups in total. The number of hydrogen-bond donors (Lipinski definition) is 1. The van der Waals surface area contributed by atoms with Crippen LogP contribution in [0.3, 0.4) is 0 Å². The first kappa shape index (κ1) is 12.7. The molecule has 98 valence electrons. The maximum atomic E-state index is 12.6. The van der Waals surface area contributed by atoms with Crippen molar-refractivity contribution in [1.82, 2.24) is 5.16 Å². The predicted molar refractivity (Wildman–Crippen MR) is 80.6 cm³/mol. The van der Waals surface area contributed by atoms with Gasteiger partial charge in [-0.2, -0.15) is 0 Å². The molecule has 0 radical (unpaired) electrons. The van der Waals surface area contributed by atoms with Crippen molar-refractivity contribution in [3.05, 3.63) is 44.9 Å². The molecule has 2 aromatic rings. The lowest BCUT2D eigenvalue weighted by molar-refractivity contribution is 0.103. The fraction of sp³-hybridized carbons (Fsp3) is 0.286. The summed E-state index contributed by atoms with van der Waals surface area (Å²) in [5.74, 6) is 1.10. The molecule has 3 rings (SSSR count). The molecule has 1 fully saturated rings. The minimum atomic E-state index is -0.0242. The van der Waals surface area contributed by atoms with Gasteiger partial charge in [0.1, 0.15) is 0 Å². The van der Waals surface area contributed by atoms with Gasteiger partial charge in [-0.25, -0.2) is 0 Å². The van der Waals surface area contributed by atoms with Gasteiger partial charge in [0.25, 0.3) is 0 Å². The van der Waals surface area contributed by atoms with Crippen LogP contribution in [0, 0.1) is 3.57 Å². The zero-order valence-corrected chi connectivity index (χ0v) is 12.6. The average Bonchev–Trinajstić information content (AvgIpc) is 3.15. The molecule has 4 nitrogen and oxygen atoms in total. The van der Waals surface area contributed by atoms with Crippen molar-refractivity contribution in [3.8, 4) is 0 Å². The van der Waals surface area contributed by atoms with E-state index < -0.39 is 0 Å². The number of rotatable bonds is 4. The van der Waals surface area contributed by atoms with Gasteiger partial charge in [-0.15, -0.1) is 0 Å². The van der Waals surface area contributed by atoms with Gasteiger partial charge < -0.3 is 9.84 Å². The van der Waals surface area contributed by atoms with Gasteiger partial charge >= 0.3 is 0 Å². The second-order valence-corrected chi connectivity index (χ2v) is 5.89. The van der Waals surface area contributed by atoms with Gasteiger partial charge in [0.15, 0.2) is 11.5 Å². The number of hydrogen-bond acceptors (Lipinski definition) is 4. The lowest BCUT2D eigenvalue weighted by Gasteiger charge is -2.08. The third kappa shape index (κ3) is 2.39. The standard InChI is InChI=1S/C14H13IN2O2/c1-16-12-6-9(15)4-5-10(12)13(18)11-7-17-19-14(11)8-2-3-8/h4-8,16H,2-3H2,1H3. The SMILES string of the molecule is CNc1cc(I)ccc1C(=O)c1cnoc1C1CC1. The van der Waals surface area contributed by atoms with Crippen molar-refractivity contribution in [2.24, 2.45) is 0 Å². The van der Waals surface area contributed by atoms with Crippen LogP contribution >= 0.6 is 22.6 Å². The Kier molecular flexibility index (Phi) is 3.30. The largest absolute Gasteiger partial charge is 0.387 e. The number of ketones is 1. The van der Waals surface area contributed by atoms with Crippen molar-refractivity contribution < 1.29 is 9.32 Å². The van der Waals surface area contributed by atoms with Crippen molar-refractivity contribution in [3.63, 3.8) is 0 Å². The lowest BCUT2D eigenvalue weighted by atomic mass is 10.0. The average molecular weight is 368 g/mol. The molecular weight excluding hydrogens is 355 g/mol.